The number of halogens is 2. The van der Waals surface area contributed by atoms with Crippen LogP contribution in [0.2, 0.25) is 0 Å². The van der Waals surface area contributed by atoms with E-state index >= 15 is 0 Å². The van der Waals surface area contributed by atoms with Crippen molar-refractivity contribution < 1.29 is 18.3 Å². The summed E-state index contributed by atoms with van der Waals surface area (Å²) in [4.78, 5) is 13.8. The fourth-order valence-corrected chi connectivity index (χ4v) is 2.41. The quantitative estimate of drug-likeness (QED) is 0.817. The first-order valence-electron chi connectivity index (χ1n) is 7.16. The van der Waals surface area contributed by atoms with Gasteiger partial charge in [-0.1, -0.05) is 0 Å². The number of hydrogen-bond donors (Lipinski definition) is 1. The van der Waals surface area contributed by atoms with E-state index in [0.717, 1.165) is 31.6 Å². The van der Waals surface area contributed by atoms with Crippen molar-refractivity contribution in [1.29, 1.82) is 0 Å². The molecule has 1 atom stereocenters. The Morgan fingerprint density at radius 3 is 2.90 bits per heavy atom. The highest BCUT2D eigenvalue weighted by Crippen LogP contribution is 2.19. The Bertz CT molecular complexity index is 497. The van der Waals surface area contributed by atoms with E-state index in [2.05, 4.69) is 0 Å². The number of carbonyl (C=O) groups is 1. The molecule has 1 fully saturated rings. The summed E-state index contributed by atoms with van der Waals surface area (Å²) in [6, 6.07) is 3.16. The highest BCUT2D eigenvalue weighted by Gasteiger charge is 2.24. The molecule has 2 rings (SSSR count). The van der Waals surface area contributed by atoms with Crippen LogP contribution in [0, 0.1) is 17.6 Å². The molecule has 1 saturated heterocycles. The summed E-state index contributed by atoms with van der Waals surface area (Å²) in [5.74, 6) is -0.883. The topological polar surface area (TPSA) is 55.6 Å². The number of nitrogens with zero attached hydrogens (tertiary/aromatic N) is 1. The van der Waals surface area contributed by atoms with E-state index in [1.165, 1.54) is 6.07 Å². The first-order chi connectivity index (χ1) is 10.1. The highest BCUT2D eigenvalue weighted by atomic mass is 19.1. The SMILES string of the molecule is NCC1CCN(C(=O)CCCOc2ccc(F)cc2F)C1. The number of ether oxygens (including phenoxy) is 1. The number of nitrogens with two attached hydrogens (primary N) is 1. The maximum Gasteiger partial charge on any atom is 0.222 e. The van der Waals surface area contributed by atoms with Gasteiger partial charge < -0.3 is 15.4 Å². The van der Waals surface area contributed by atoms with Gasteiger partial charge >= 0.3 is 0 Å². The maximum absolute atomic E-state index is 13.3. The number of carbonyl (C=O) groups excluding carboxylic acids is 1. The zero-order chi connectivity index (χ0) is 15.2. The molecule has 1 amide bonds. The standard InChI is InChI=1S/C15H20F2N2O2/c16-12-3-4-14(13(17)8-12)21-7-1-2-15(20)19-6-5-11(9-18)10-19/h3-4,8,11H,1-2,5-7,9-10,18H2. The van der Waals surface area contributed by atoms with Crippen LogP contribution in [-0.2, 0) is 4.79 Å². The smallest absolute Gasteiger partial charge is 0.222 e. The minimum Gasteiger partial charge on any atom is -0.491 e. The molecule has 1 heterocycles. The third kappa shape index (κ3) is 4.39. The van der Waals surface area contributed by atoms with Crippen LogP contribution in [0.4, 0.5) is 8.78 Å². The normalized spacial score (nSPS) is 18.0. The molecule has 0 aliphatic carbocycles. The van der Waals surface area contributed by atoms with Gasteiger partial charge in [0.2, 0.25) is 5.91 Å². The Hall–Kier alpha value is -1.69. The van der Waals surface area contributed by atoms with Gasteiger partial charge in [-0.3, -0.25) is 4.79 Å². The second kappa shape index (κ2) is 7.36. The van der Waals surface area contributed by atoms with E-state index in [1.807, 2.05) is 4.90 Å². The van der Waals surface area contributed by atoms with Gasteiger partial charge in [-0.25, -0.2) is 8.78 Å². The molecule has 0 aromatic heterocycles. The molecule has 0 bridgehead atoms. The molecule has 1 aromatic rings. The Morgan fingerprint density at radius 1 is 1.43 bits per heavy atom. The largest absolute Gasteiger partial charge is 0.491 e. The molecule has 21 heavy (non-hydrogen) atoms. The van der Waals surface area contributed by atoms with E-state index < -0.39 is 11.6 Å². The summed E-state index contributed by atoms with van der Waals surface area (Å²) in [6.07, 6.45) is 1.82. The zero-order valence-electron chi connectivity index (χ0n) is 11.9. The van der Waals surface area contributed by atoms with Crippen molar-refractivity contribution in [3.8, 4) is 5.75 Å². The lowest BCUT2D eigenvalue weighted by Crippen LogP contribution is -2.29. The Morgan fingerprint density at radius 2 is 2.24 bits per heavy atom. The van der Waals surface area contributed by atoms with Crippen molar-refractivity contribution in [1.82, 2.24) is 4.90 Å². The van der Waals surface area contributed by atoms with Gasteiger partial charge in [-0.2, -0.15) is 0 Å². The summed E-state index contributed by atoms with van der Waals surface area (Å²) >= 11 is 0. The Kier molecular flexibility index (Phi) is 5.50. The summed E-state index contributed by atoms with van der Waals surface area (Å²) in [5.41, 5.74) is 5.59. The van der Waals surface area contributed by atoms with E-state index in [-0.39, 0.29) is 18.3 Å². The van der Waals surface area contributed by atoms with Crippen molar-refractivity contribution in [3.05, 3.63) is 29.8 Å². The van der Waals surface area contributed by atoms with Crippen LogP contribution in [0.5, 0.6) is 5.75 Å². The molecule has 1 aliphatic rings. The molecule has 1 aliphatic heterocycles. The van der Waals surface area contributed by atoms with Crippen molar-refractivity contribution in [2.45, 2.75) is 19.3 Å². The van der Waals surface area contributed by atoms with Crippen molar-refractivity contribution in [3.63, 3.8) is 0 Å². The predicted octanol–water partition coefficient (Wildman–Crippen LogP) is 1.93. The van der Waals surface area contributed by atoms with E-state index in [4.69, 9.17) is 10.5 Å². The van der Waals surface area contributed by atoms with Gasteiger partial charge in [0.15, 0.2) is 11.6 Å². The van der Waals surface area contributed by atoms with Crippen LogP contribution in [-0.4, -0.2) is 37.0 Å². The van der Waals surface area contributed by atoms with E-state index in [1.54, 1.807) is 0 Å². The summed E-state index contributed by atoms with van der Waals surface area (Å²) in [6.45, 7) is 2.32. The van der Waals surface area contributed by atoms with Gasteiger partial charge in [-0.05, 0) is 37.4 Å². The van der Waals surface area contributed by atoms with E-state index in [9.17, 15) is 13.6 Å². The number of rotatable bonds is 6. The van der Waals surface area contributed by atoms with E-state index in [0.29, 0.717) is 25.3 Å². The number of hydrogen-bond acceptors (Lipinski definition) is 3. The van der Waals surface area contributed by atoms with Gasteiger partial charge in [0, 0.05) is 25.6 Å². The Labute approximate surface area is 122 Å². The lowest BCUT2D eigenvalue weighted by Gasteiger charge is -2.16. The average molecular weight is 298 g/mol. The summed E-state index contributed by atoms with van der Waals surface area (Å²) in [5, 5.41) is 0. The molecule has 0 spiro atoms. The second-order valence-corrected chi connectivity index (χ2v) is 5.26. The minimum absolute atomic E-state index is 0.00761. The van der Waals surface area contributed by atoms with Gasteiger partial charge in [-0.15, -0.1) is 0 Å². The zero-order valence-corrected chi connectivity index (χ0v) is 11.9. The summed E-state index contributed by atoms with van der Waals surface area (Å²) < 4.78 is 31.2. The van der Waals surface area contributed by atoms with Crippen LogP contribution in [0.25, 0.3) is 0 Å². The molecule has 4 nitrogen and oxygen atoms in total. The van der Waals surface area contributed by atoms with Gasteiger partial charge in [0.25, 0.3) is 0 Å². The number of likely N-dealkylation sites (tertiary alicyclic amines) is 1. The number of amides is 1. The van der Waals surface area contributed by atoms with Crippen LogP contribution in [0.1, 0.15) is 19.3 Å². The lowest BCUT2D eigenvalue weighted by molar-refractivity contribution is -0.130. The van der Waals surface area contributed by atoms with Gasteiger partial charge in [0.05, 0.1) is 6.61 Å². The first-order valence-corrected chi connectivity index (χ1v) is 7.16. The fraction of sp³-hybridized carbons (Fsp3) is 0.533. The van der Waals surface area contributed by atoms with Gasteiger partial charge in [0.1, 0.15) is 5.82 Å². The fourth-order valence-electron chi connectivity index (χ4n) is 2.41. The maximum atomic E-state index is 13.3. The molecular weight excluding hydrogens is 278 g/mol. The summed E-state index contributed by atoms with van der Waals surface area (Å²) in [7, 11) is 0. The molecular formula is C15H20F2N2O2. The molecule has 2 N–H and O–H groups in total. The third-order valence-corrected chi connectivity index (χ3v) is 3.66. The van der Waals surface area contributed by atoms with Crippen LogP contribution < -0.4 is 10.5 Å². The lowest BCUT2D eigenvalue weighted by atomic mass is 10.1. The minimum atomic E-state index is -0.730. The monoisotopic (exact) mass is 298 g/mol. The predicted molar refractivity (Wildman–Crippen MR) is 74.8 cm³/mol. The second-order valence-electron chi connectivity index (χ2n) is 5.26. The average Bonchev–Trinajstić information content (AvgIpc) is 2.94. The third-order valence-electron chi connectivity index (χ3n) is 3.66. The molecule has 0 radical (unpaired) electrons. The molecule has 1 unspecified atom stereocenters. The molecule has 0 saturated carbocycles. The number of benzene rings is 1. The van der Waals surface area contributed by atoms with Crippen LogP contribution in [0.3, 0.4) is 0 Å². The Balaban J connectivity index is 1.69. The highest BCUT2D eigenvalue weighted by molar-refractivity contribution is 5.76. The molecule has 6 heteroatoms. The molecule has 1 aromatic carbocycles. The van der Waals surface area contributed by atoms with Crippen molar-refractivity contribution in [2.75, 3.05) is 26.2 Å². The van der Waals surface area contributed by atoms with Crippen LogP contribution in [0.15, 0.2) is 18.2 Å². The molecule has 116 valence electrons. The van der Waals surface area contributed by atoms with Crippen molar-refractivity contribution >= 4 is 5.91 Å². The van der Waals surface area contributed by atoms with Crippen molar-refractivity contribution in [2.24, 2.45) is 11.7 Å². The van der Waals surface area contributed by atoms with Crippen LogP contribution >= 0.6 is 0 Å². The first kappa shape index (κ1) is 15.7.